The van der Waals surface area contributed by atoms with Gasteiger partial charge in [0.1, 0.15) is 0 Å². The maximum atomic E-state index is 5.82. The zero-order chi connectivity index (χ0) is 14.1. The van der Waals surface area contributed by atoms with E-state index in [1.807, 2.05) is 0 Å². The lowest BCUT2D eigenvalue weighted by atomic mass is 9.99. The molecular formula is C15H33IN4. The third-order valence-corrected chi connectivity index (χ3v) is 3.82. The molecule has 5 heteroatoms. The van der Waals surface area contributed by atoms with E-state index in [1.165, 1.54) is 25.9 Å². The highest BCUT2D eigenvalue weighted by Gasteiger charge is 2.14. The molecule has 1 aliphatic rings. The van der Waals surface area contributed by atoms with Gasteiger partial charge in [0.15, 0.2) is 5.96 Å². The van der Waals surface area contributed by atoms with Gasteiger partial charge in [0.05, 0.1) is 0 Å². The van der Waals surface area contributed by atoms with E-state index in [-0.39, 0.29) is 24.0 Å². The highest BCUT2D eigenvalue weighted by atomic mass is 127. The number of hydrogen-bond donors (Lipinski definition) is 2. The first-order chi connectivity index (χ1) is 9.08. The smallest absolute Gasteiger partial charge is 0.188 e. The van der Waals surface area contributed by atoms with Gasteiger partial charge < -0.3 is 16.0 Å². The largest absolute Gasteiger partial charge is 0.370 e. The zero-order valence-electron chi connectivity index (χ0n) is 13.4. The van der Waals surface area contributed by atoms with Gasteiger partial charge in [-0.3, -0.25) is 4.99 Å². The Balaban J connectivity index is 0.00000361. The van der Waals surface area contributed by atoms with Crippen LogP contribution < -0.4 is 11.1 Å². The molecule has 120 valence electrons. The second-order valence-electron chi connectivity index (χ2n) is 6.25. The molecule has 1 saturated heterocycles. The summed E-state index contributed by atoms with van der Waals surface area (Å²) in [4.78, 5) is 6.93. The maximum absolute atomic E-state index is 5.82. The van der Waals surface area contributed by atoms with Crippen molar-refractivity contribution in [2.24, 2.45) is 22.6 Å². The van der Waals surface area contributed by atoms with Gasteiger partial charge in [-0.15, -0.1) is 24.0 Å². The van der Waals surface area contributed by atoms with Gasteiger partial charge in [0.2, 0.25) is 0 Å². The number of halogens is 1. The molecule has 0 aliphatic carbocycles. The predicted octanol–water partition coefficient (Wildman–Crippen LogP) is 2.68. The van der Waals surface area contributed by atoms with Crippen molar-refractivity contribution >= 4 is 29.9 Å². The number of piperidine rings is 1. The number of nitrogens with zero attached hydrogens (tertiary/aromatic N) is 2. The molecule has 20 heavy (non-hydrogen) atoms. The summed E-state index contributed by atoms with van der Waals surface area (Å²) < 4.78 is 0. The molecule has 0 saturated carbocycles. The second-order valence-corrected chi connectivity index (χ2v) is 6.25. The molecule has 0 aromatic carbocycles. The Bertz CT molecular complexity index is 261. The molecule has 0 amide bonds. The molecule has 0 unspecified atom stereocenters. The van der Waals surface area contributed by atoms with Crippen molar-refractivity contribution < 1.29 is 0 Å². The van der Waals surface area contributed by atoms with Gasteiger partial charge in [0, 0.05) is 13.1 Å². The van der Waals surface area contributed by atoms with Crippen LogP contribution in [-0.4, -0.2) is 43.6 Å². The molecule has 0 spiro atoms. The van der Waals surface area contributed by atoms with E-state index in [9.17, 15) is 0 Å². The van der Waals surface area contributed by atoms with E-state index in [0.29, 0.717) is 11.9 Å². The Labute approximate surface area is 142 Å². The zero-order valence-corrected chi connectivity index (χ0v) is 15.7. The lowest BCUT2D eigenvalue weighted by molar-refractivity contribution is 0.192. The van der Waals surface area contributed by atoms with Crippen LogP contribution in [0.4, 0.5) is 0 Å². The third kappa shape index (κ3) is 9.80. The standard InChI is InChI=1S/C15H32N4.HI/c1-13(2)5-9-18-15(16)17-8-4-10-19-11-6-14(3)7-12-19;/h13-14H,4-12H2,1-3H3,(H3,16,17,18);1H. The number of guanidine groups is 1. The Kier molecular flexibility index (Phi) is 11.6. The Morgan fingerprint density at radius 2 is 2.00 bits per heavy atom. The van der Waals surface area contributed by atoms with Crippen molar-refractivity contribution in [1.82, 2.24) is 10.2 Å². The molecule has 1 fully saturated rings. The van der Waals surface area contributed by atoms with E-state index in [4.69, 9.17) is 5.73 Å². The highest BCUT2D eigenvalue weighted by Crippen LogP contribution is 2.15. The lowest BCUT2D eigenvalue weighted by Gasteiger charge is -2.29. The number of nitrogens with two attached hydrogens (primary N) is 1. The minimum absolute atomic E-state index is 0. The van der Waals surface area contributed by atoms with E-state index in [1.54, 1.807) is 0 Å². The fourth-order valence-electron chi connectivity index (χ4n) is 2.32. The van der Waals surface area contributed by atoms with Crippen LogP contribution in [0.1, 0.15) is 46.5 Å². The van der Waals surface area contributed by atoms with Crippen LogP contribution in [0.2, 0.25) is 0 Å². The molecule has 0 bridgehead atoms. The number of likely N-dealkylation sites (tertiary alicyclic amines) is 1. The van der Waals surface area contributed by atoms with E-state index >= 15 is 0 Å². The minimum Gasteiger partial charge on any atom is -0.370 e. The molecule has 1 heterocycles. The number of hydrogen-bond acceptors (Lipinski definition) is 2. The van der Waals surface area contributed by atoms with Gasteiger partial charge in [0.25, 0.3) is 0 Å². The first-order valence-electron chi connectivity index (χ1n) is 7.84. The molecule has 1 aliphatic heterocycles. The molecule has 1 rings (SSSR count). The average Bonchev–Trinajstić information content (AvgIpc) is 2.36. The summed E-state index contributed by atoms with van der Waals surface area (Å²) in [5.74, 6) is 2.23. The van der Waals surface area contributed by atoms with Crippen molar-refractivity contribution in [3.8, 4) is 0 Å². The Morgan fingerprint density at radius 3 is 2.60 bits per heavy atom. The van der Waals surface area contributed by atoms with Crippen LogP contribution in [0.5, 0.6) is 0 Å². The molecule has 0 aromatic heterocycles. The Morgan fingerprint density at radius 1 is 1.35 bits per heavy atom. The number of rotatable bonds is 7. The van der Waals surface area contributed by atoms with Gasteiger partial charge in [-0.25, -0.2) is 0 Å². The average molecular weight is 396 g/mol. The summed E-state index contributed by atoms with van der Waals surface area (Å²) >= 11 is 0. The molecular weight excluding hydrogens is 363 g/mol. The summed E-state index contributed by atoms with van der Waals surface area (Å²) in [5, 5.41) is 3.17. The SMILES string of the molecule is CC(C)CCNC(N)=NCCCN1CCC(C)CC1.I. The van der Waals surface area contributed by atoms with Crippen molar-refractivity contribution in [2.75, 3.05) is 32.7 Å². The highest BCUT2D eigenvalue weighted by molar-refractivity contribution is 14.0. The number of aliphatic imine (C=N–C) groups is 1. The van der Waals surface area contributed by atoms with Crippen LogP contribution in [0.25, 0.3) is 0 Å². The Hall–Kier alpha value is -0.0400. The number of nitrogens with one attached hydrogen (secondary N) is 1. The van der Waals surface area contributed by atoms with Crippen molar-refractivity contribution in [1.29, 1.82) is 0 Å². The summed E-state index contributed by atoms with van der Waals surface area (Å²) in [5.41, 5.74) is 5.82. The summed E-state index contributed by atoms with van der Waals surface area (Å²) in [6.45, 7) is 12.2. The van der Waals surface area contributed by atoms with Crippen LogP contribution in [-0.2, 0) is 0 Å². The first kappa shape index (κ1) is 20.0. The lowest BCUT2D eigenvalue weighted by Crippen LogP contribution is -2.35. The second kappa shape index (κ2) is 11.6. The fourth-order valence-corrected chi connectivity index (χ4v) is 2.32. The normalized spacial score (nSPS) is 18.1. The quantitative estimate of drug-likeness (QED) is 0.301. The minimum atomic E-state index is 0. The topological polar surface area (TPSA) is 53.6 Å². The van der Waals surface area contributed by atoms with E-state index < -0.39 is 0 Å². The van der Waals surface area contributed by atoms with Crippen molar-refractivity contribution in [3.05, 3.63) is 0 Å². The first-order valence-corrected chi connectivity index (χ1v) is 7.84. The van der Waals surface area contributed by atoms with Crippen LogP contribution in [0.15, 0.2) is 4.99 Å². The van der Waals surface area contributed by atoms with Gasteiger partial charge in [-0.05, 0) is 57.2 Å². The van der Waals surface area contributed by atoms with Crippen molar-refractivity contribution in [3.63, 3.8) is 0 Å². The molecule has 0 atom stereocenters. The molecule has 3 N–H and O–H groups in total. The van der Waals surface area contributed by atoms with Crippen molar-refractivity contribution in [2.45, 2.75) is 46.5 Å². The summed E-state index contributed by atoms with van der Waals surface area (Å²) in [7, 11) is 0. The molecule has 0 aromatic rings. The van der Waals surface area contributed by atoms with Gasteiger partial charge in [-0.2, -0.15) is 0 Å². The van der Waals surface area contributed by atoms with E-state index in [0.717, 1.165) is 38.4 Å². The van der Waals surface area contributed by atoms with E-state index in [2.05, 4.69) is 36.0 Å². The molecule has 4 nitrogen and oxygen atoms in total. The van der Waals surface area contributed by atoms with Crippen LogP contribution >= 0.6 is 24.0 Å². The molecule has 0 radical (unpaired) electrons. The predicted molar refractivity (Wildman–Crippen MR) is 98.8 cm³/mol. The fraction of sp³-hybridized carbons (Fsp3) is 0.933. The van der Waals surface area contributed by atoms with Crippen LogP contribution in [0, 0.1) is 11.8 Å². The summed E-state index contributed by atoms with van der Waals surface area (Å²) in [6.07, 6.45) is 4.95. The van der Waals surface area contributed by atoms with Gasteiger partial charge in [-0.1, -0.05) is 20.8 Å². The van der Waals surface area contributed by atoms with Crippen LogP contribution in [0.3, 0.4) is 0 Å². The summed E-state index contributed by atoms with van der Waals surface area (Å²) in [6, 6.07) is 0. The third-order valence-electron chi connectivity index (χ3n) is 3.82. The van der Waals surface area contributed by atoms with Gasteiger partial charge >= 0.3 is 0 Å². The maximum Gasteiger partial charge on any atom is 0.188 e. The monoisotopic (exact) mass is 396 g/mol.